The number of hydrogen-bond acceptors (Lipinski definition) is 1. The van der Waals surface area contributed by atoms with E-state index in [1.165, 1.54) is 18.6 Å². The highest BCUT2D eigenvalue weighted by Crippen LogP contribution is 2.32. The Morgan fingerprint density at radius 1 is 1.42 bits per heavy atom. The Morgan fingerprint density at radius 2 is 2.16 bits per heavy atom. The van der Waals surface area contributed by atoms with Crippen LogP contribution in [0.2, 0.25) is 0 Å². The number of alkyl halides is 1. The molecule has 104 valence electrons. The molecule has 19 heavy (non-hydrogen) atoms. The fourth-order valence-electron chi connectivity index (χ4n) is 2.74. The first-order valence-electron chi connectivity index (χ1n) is 6.72. The highest BCUT2D eigenvalue weighted by molar-refractivity contribution is 6.18. The summed E-state index contributed by atoms with van der Waals surface area (Å²) in [5.41, 5.74) is 1.21. The SMILES string of the molecule is Cc1ccc(F)cc1C(=O)NCC1CCCC1CCl. The van der Waals surface area contributed by atoms with Crippen LogP contribution in [0.1, 0.15) is 35.2 Å². The topological polar surface area (TPSA) is 29.1 Å². The maximum atomic E-state index is 13.2. The number of hydrogen-bond donors (Lipinski definition) is 1. The zero-order valence-corrected chi connectivity index (χ0v) is 11.8. The van der Waals surface area contributed by atoms with E-state index < -0.39 is 0 Å². The van der Waals surface area contributed by atoms with Crippen molar-refractivity contribution in [2.75, 3.05) is 12.4 Å². The number of carbonyl (C=O) groups is 1. The highest BCUT2D eigenvalue weighted by Gasteiger charge is 2.26. The molecule has 0 saturated heterocycles. The summed E-state index contributed by atoms with van der Waals surface area (Å²) >= 11 is 5.92. The smallest absolute Gasteiger partial charge is 0.251 e. The van der Waals surface area contributed by atoms with Crippen LogP contribution in [0.3, 0.4) is 0 Å². The monoisotopic (exact) mass is 283 g/mol. The van der Waals surface area contributed by atoms with Crippen molar-refractivity contribution >= 4 is 17.5 Å². The lowest BCUT2D eigenvalue weighted by atomic mass is 9.98. The number of benzene rings is 1. The summed E-state index contributed by atoms with van der Waals surface area (Å²) in [7, 11) is 0. The van der Waals surface area contributed by atoms with Crippen LogP contribution >= 0.6 is 11.6 Å². The van der Waals surface area contributed by atoms with E-state index in [-0.39, 0.29) is 11.7 Å². The predicted octanol–water partition coefficient (Wildman–Crippen LogP) is 3.52. The highest BCUT2D eigenvalue weighted by atomic mass is 35.5. The van der Waals surface area contributed by atoms with Crippen molar-refractivity contribution < 1.29 is 9.18 Å². The number of nitrogens with one attached hydrogen (secondary N) is 1. The van der Waals surface area contributed by atoms with E-state index in [0.717, 1.165) is 18.4 Å². The lowest BCUT2D eigenvalue weighted by molar-refractivity contribution is 0.0943. The molecule has 1 aliphatic carbocycles. The van der Waals surface area contributed by atoms with Crippen molar-refractivity contribution in [2.45, 2.75) is 26.2 Å². The van der Waals surface area contributed by atoms with Gasteiger partial charge in [0.2, 0.25) is 0 Å². The van der Waals surface area contributed by atoms with Crippen molar-refractivity contribution in [3.8, 4) is 0 Å². The van der Waals surface area contributed by atoms with Gasteiger partial charge in [0, 0.05) is 18.0 Å². The van der Waals surface area contributed by atoms with E-state index in [9.17, 15) is 9.18 Å². The largest absolute Gasteiger partial charge is 0.352 e. The summed E-state index contributed by atoms with van der Waals surface area (Å²) in [6.07, 6.45) is 3.43. The van der Waals surface area contributed by atoms with Gasteiger partial charge < -0.3 is 5.32 Å². The van der Waals surface area contributed by atoms with Gasteiger partial charge >= 0.3 is 0 Å². The van der Waals surface area contributed by atoms with Gasteiger partial charge in [-0.2, -0.15) is 0 Å². The Kier molecular flexibility index (Phi) is 4.81. The van der Waals surface area contributed by atoms with Crippen molar-refractivity contribution in [1.82, 2.24) is 5.32 Å². The molecule has 0 spiro atoms. The number of amides is 1. The molecule has 0 radical (unpaired) electrons. The van der Waals surface area contributed by atoms with Gasteiger partial charge in [0.1, 0.15) is 5.82 Å². The lowest BCUT2D eigenvalue weighted by Gasteiger charge is -2.18. The first-order chi connectivity index (χ1) is 9.11. The maximum Gasteiger partial charge on any atom is 0.251 e. The fourth-order valence-corrected chi connectivity index (χ4v) is 3.15. The molecular weight excluding hydrogens is 265 g/mol. The van der Waals surface area contributed by atoms with E-state index in [0.29, 0.717) is 29.8 Å². The summed E-state index contributed by atoms with van der Waals surface area (Å²) in [5.74, 6) is 1.03. The van der Waals surface area contributed by atoms with Crippen molar-refractivity contribution in [1.29, 1.82) is 0 Å². The van der Waals surface area contributed by atoms with Crippen LogP contribution in [0.5, 0.6) is 0 Å². The van der Waals surface area contributed by atoms with E-state index in [1.807, 2.05) is 6.92 Å². The van der Waals surface area contributed by atoms with Gasteiger partial charge in [0.15, 0.2) is 0 Å². The third-order valence-corrected chi connectivity index (χ3v) is 4.38. The molecule has 1 aromatic carbocycles. The van der Waals surface area contributed by atoms with E-state index in [2.05, 4.69) is 5.32 Å². The number of carbonyl (C=O) groups excluding carboxylic acids is 1. The van der Waals surface area contributed by atoms with Gasteiger partial charge in [-0.3, -0.25) is 4.79 Å². The molecule has 2 nitrogen and oxygen atoms in total. The van der Waals surface area contributed by atoms with E-state index in [1.54, 1.807) is 6.07 Å². The minimum atomic E-state index is -0.379. The molecule has 2 rings (SSSR count). The summed E-state index contributed by atoms with van der Waals surface area (Å²) in [6, 6.07) is 4.28. The second-order valence-corrected chi connectivity index (χ2v) is 5.58. The Balaban J connectivity index is 1.96. The molecule has 2 unspecified atom stereocenters. The minimum absolute atomic E-state index is 0.197. The number of halogens is 2. The van der Waals surface area contributed by atoms with Gasteiger partial charge in [-0.05, 0) is 49.3 Å². The summed E-state index contributed by atoms with van der Waals surface area (Å²) in [5, 5.41) is 2.91. The van der Waals surface area contributed by atoms with Gasteiger partial charge in [-0.15, -0.1) is 11.6 Å². The van der Waals surface area contributed by atoms with Crippen molar-refractivity contribution in [3.05, 3.63) is 35.1 Å². The molecule has 1 fully saturated rings. The zero-order valence-electron chi connectivity index (χ0n) is 11.1. The fraction of sp³-hybridized carbons (Fsp3) is 0.533. The normalized spacial score (nSPS) is 22.5. The van der Waals surface area contributed by atoms with Crippen LogP contribution < -0.4 is 5.32 Å². The van der Waals surface area contributed by atoms with Crippen LogP contribution in [0.4, 0.5) is 4.39 Å². The van der Waals surface area contributed by atoms with E-state index in [4.69, 9.17) is 11.6 Å². The molecule has 1 saturated carbocycles. The van der Waals surface area contributed by atoms with Crippen LogP contribution in [-0.2, 0) is 0 Å². The second-order valence-electron chi connectivity index (χ2n) is 5.27. The molecule has 0 aliphatic heterocycles. The number of rotatable bonds is 4. The zero-order chi connectivity index (χ0) is 13.8. The molecule has 1 aromatic rings. The van der Waals surface area contributed by atoms with Gasteiger partial charge in [0.25, 0.3) is 5.91 Å². The molecule has 0 heterocycles. The first kappa shape index (κ1) is 14.3. The molecule has 1 N–H and O–H groups in total. The molecule has 4 heteroatoms. The molecule has 1 amide bonds. The van der Waals surface area contributed by atoms with Crippen LogP contribution in [0.15, 0.2) is 18.2 Å². The standard InChI is InChI=1S/C15H19ClFNO/c1-10-5-6-13(17)7-14(10)15(19)18-9-12-4-2-3-11(12)8-16/h5-7,11-12H,2-4,8-9H2,1H3,(H,18,19). The van der Waals surface area contributed by atoms with Crippen LogP contribution in [-0.4, -0.2) is 18.3 Å². The average Bonchev–Trinajstić information content (AvgIpc) is 2.86. The summed E-state index contributed by atoms with van der Waals surface area (Å²) in [6.45, 7) is 2.44. The van der Waals surface area contributed by atoms with E-state index >= 15 is 0 Å². The third kappa shape index (κ3) is 3.47. The first-order valence-corrected chi connectivity index (χ1v) is 7.25. The average molecular weight is 284 g/mol. The Morgan fingerprint density at radius 3 is 2.89 bits per heavy atom. The van der Waals surface area contributed by atoms with Crippen LogP contribution in [0.25, 0.3) is 0 Å². The predicted molar refractivity (Wildman–Crippen MR) is 75.0 cm³/mol. The molecule has 1 aliphatic rings. The van der Waals surface area contributed by atoms with Gasteiger partial charge in [-0.25, -0.2) is 4.39 Å². The van der Waals surface area contributed by atoms with Gasteiger partial charge in [-0.1, -0.05) is 12.5 Å². The minimum Gasteiger partial charge on any atom is -0.352 e. The lowest BCUT2D eigenvalue weighted by Crippen LogP contribution is -2.31. The third-order valence-electron chi connectivity index (χ3n) is 3.98. The van der Waals surface area contributed by atoms with Gasteiger partial charge in [0.05, 0.1) is 0 Å². The molecule has 2 atom stereocenters. The van der Waals surface area contributed by atoms with Crippen LogP contribution in [0, 0.1) is 24.6 Å². The molecular formula is C15H19ClFNO. The Bertz CT molecular complexity index is 463. The molecule has 0 bridgehead atoms. The second kappa shape index (κ2) is 6.38. The summed E-state index contributed by atoms with van der Waals surface area (Å²) in [4.78, 5) is 12.1. The van der Waals surface area contributed by atoms with Crippen molar-refractivity contribution in [2.24, 2.45) is 11.8 Å². The number of aryl methyl sites for hydroxylation is 1. The molecule has 0 aromatic heterocycles. The Labute approximate surface area is 118 Å². The quantitative estimate of drug-likeness (QED) is 0.842. The Hall–Kier alpha value is -1.09. The summed E-state index contributed by atoms with van der Waals surface area (Å²) < 4.78 is 13.2. The maximum absolute atomic E-state index is 13.2. The van der Waals surface area contributed by atoms with Crippen molar-refractivity contribution in [3.63, 3.8) is 0 Å².